The monoisotopic (exact) mass is 229 g/mol. The SMILES string of the molecule is CCC(C)NC(=O)CCn1[nH]nnc1=S. The molecule has 6 nitrogen and oxygen atoms in total. The number of hydrogen-bond donors (Lipinski definition) is 2. The van der Waals surface area contributed by atoms with E-state index in [9.17, 15) is 4.79 Å². The van der Waals surface area contributed by atoms with Gasteiger partial charge in [-0.25, -0.2) is 4.68 Å². The lowest BCUT2D eigenvalue weighted by atomic mass is 10.2. The summed E-state index contributed by atoms with van der Waals surface area (Å²) < 4.78 is 1.93. The molecule has 0 radical (unpaired) electrons. The number of nitrogens with one attached hydrogen (secondary N) is 2. The van der Waals surface area contributed by atoms with E-state index in [1.165, 1.54) is 0 Å². The summed E-state index contributed by atoms with van der Waals surface area (Å²) in [5, 5.41) is 12.6. The van der Waals surface area contributed by atoms with E-state index < -0.39 is 0 Å². The Kier molecular flexibility index (Phi) is 4.41. The Morgan fingerprint density at radius 3 is 3.00 bits per heavy atom. The van der Waals surface area contributed by atoms with Crippen LogP contribution in [0.25, 0.3) is 0 Å². The van der Waals surface area contributed by atoms with Gasteiger partial charge in [-0.3, -0.25) is 4.79 Å². The number of aromatic nitrogens is 4. The highest BCUT2D eigenvalue weighted by atomic mass is 32.1. The molecule has 1 rings (SSSR count). The van der Waals surface area contributed by atoms with Crippen LogP contribution in [0.3, 0.4) is 0 Å². The molecule has 1 amide bonds. The van der Waals surface area contributed by atoms with Gasteiger partial charge in [0.1, 0.15) is 0 Å². The second-order valence-corrected chi connectivity index (χ2v) is 3.73. The predicted octanol–water partition coefficient (Wildman–Crippen LogP) is 0.640. The van der Waals surface area contributed by atoms with Gasteiger partial charge in [0, 0.05) is 12.5 Å². The maximum Gasteiger partial charge on any atom is 0.238 e. The van der Waals surface area contributed by atoms with E-state index in [0.717, 1.165) is 6.42 Å². The van der Waals surface area contributed by atoms with E-state index in [-0.39, 0.29) is 11.9 Å². The summed E-state index contributed by atoms with van der Waals surface area (Å²) in [6.07, 6.45) is 1.30. The summed E-state index contributed by atoms with van der Waals surface area (Å²) in [7, 11) is 0. The standard InChI is InChI=1S/C8H15N5OS/c1-3-6(2)9-7(14)4-5-13-8(15)10-11-12-13/h6H,3-5H2,1-2H3,(H,9,14)(H,10,12,15). The first kappa shape index (κ1) is 11.8. The van der Waals surface area contributed by atoms with Crippen molar-refractivity contribution < 1.29 is 4.79 Å². The Hall–Kier alpha value is -1.24. The van der Waals surface area contributed by atoms with E-state index in [1.807, 2.05) is 13.8 Å². The lowest BCUT2D eigenvalue weighted by molar-refractivity contribution is -0.122. The topological polar surface area (TPSA) is 75.6 Å². The van der Waals surface area contributed by atoms with E-state index in [2.05, 4.69) is 20.8 Å². The van der Waals surface area contributed by atoms with Crippen LogP contribution < -0.4 is 5.32 Å². The van der Waals surface area contributed by atoms with Crippen molar-refractivity contribution in [2.24, 2.45) is 0 Å². The van der Waals surface area contributed by atoms with Gasteiger partial charge in [0.05, 0.1) is 6.54 Å². The van der Waals surface area contributed by atoms with Crippen LogP contribution in [-0.2, 0) is 11.3 Å². The number of amides is 1. The number of aryl methyl sites for hydroxylation is 1. The Bertz CT molecular complexity index is 371. The van der Waals surface area contributed by atoms with Crippen LogP contribution in [0.5, 0.6) is 0 Å². The highest BCUT2D eigenvalue weighted by Gasteiger charge is 2.06. The molecule has 0 bridgehead atoms. The number of tetrazole rings is 1. The minimum atomic E-state index is 0.0147. The maximum absolute atomic E-state index is 11.4. The van der Waals surface area contributed by atoms with Crippen molar-refractivity contribution in [1.29, 1.82) is 0 Å². The molecule has 84 valence electrons. The van der Waals surface area contributed by atoms with Gasteiger partial charge >= 0.3 is 0 Å². The summed E-state index contributed by atoms with van der Waals surface area (Å²) in [5.74, 6) is 0.0147. The molecule has 0 aliphatic carbocycles. The summed E-state index contributed by atoms with van der Waals surface area (Å²) in [4.78, 5) is 11.4. The van der Waals surface area contributed by atoms with Crippen LogP contribution >= 0.6 is 12.2 Å². The molecule has 1 aromatic rings. The Labute approximate surface area is 93.0 Å². The lowest BCUT2D eigenvalue weighted by Crippen LogP contribution is -2.32. The van der Waals surface area contributed by atoms with Crippen molar-refractivity contribution in [2.45, 2.75) is 39.3 Å². The van der Waals surface area contributed by atoms with Gasteiger partial charge in [-0.2, -0.15) is 5.21 Å². The molecule has 1 atom stereocenters. The van der Waals surface area contributed by atoms with Crippen molar-refractivity contribution in [3.8, 4) is 0 Å². The molecule has 0 spiro atoms. The zero-order chi connectivity index (χ0) is 11.3. The Balaban J connectivity index is 2.35. The van der Waals surface area contributed by atoms with E-state index >= 15 is 0 Å². The van der Waals surface area contributed by atoms with Crippen molar-refractivity contribution in [3.63, 3.8) is 0 Å². The highest BCUT2D eigenvalue weighted by Crippen LogP contribution is 1.92. The molecule has 0 aromatic carbocycles. The van der Waals surface area contributed by atoms with Gasteiger partial charge < -0.3 is 5.32 Å². The minimum Gasteiger partial charge on any atom is -0.354 e. The van der Waals surface area contributed by atoms with Crippen LogP contribution in [0.1, 0.15) is 26.7 Å². The molecule has 2 N–H and O–H groups in total. The van der Waals surface area contributed by atoms with Crippen molar-refractivity contribution >= 4 is 18.1 Å². The van der Waals surface area contributed by atoms with E-state index in [1.54, 1.807) is 4.68 Å². The molecule has 0 saturated carbocycles. The third kappa shape index (κ3) is 3.78. The molecule has 0 aliphatic rings. The van der Waals surface area contributed by atoms with Crippen LogP contribution in [0.2, 0.25) is 0 Å². The van der Waals surface area contributed by atoms with E-state index in [0.29, 0.717) is 17.7 Å². The fourth-order valence-electron chi connectivity index (χ4n) is 1.02. The number of carbonyl (C=O) groups excluding carboxylic acids is 1. The number of aromatic amines is 1. The molecule has 0 saturated heterocycles. The van der Waals surface area contributed by atoms with Crippen molar-refractivity contribution in [1.82, 2.24) is 25.5 Å². The Morgan fingerprint density at radius 1 is 1.73 bits per heavy atom. The molecule has 1 unspecified atom stereocenters. The molecule has 0 aliphatic heterocycles. The fraction of sp³-hybridized carbons (Fsp3) is 0.750. The van der Waals surface area contributed by atoms with Crippen LogP contribution in [0.15, 0.2) is 0 Å². The molecule has 7 heteroatoms. The lowest BCUT2D eigenvalue weighted by Gasteiger charge is -2.10. The summed E-state index contributed by atoms with van der Waals surface area (Å²) in [6, 6.07) is 0.213. The largest absolute Gasteiger partial charge is 0.354 e. The van der Waals surface area contributed by atoms with Crippen LogP contribution in [0.4, 0.5) is 0 Å². The first-order valence-corrected chi connectivity index (χ1v) is 5.31. The molecule has 1 heterocycles. The zero-order valence-electron chi connectivity index (χ0n) is 8.86. The summed E-state index contributed by atoms with van der Waals surface area (Å²) in [6.45, 7) is 4.48. The first-order chi connectivity index (χ1) is 7.13. The first-order valence-electron chi connectivity index (χ1n) is 4.90. The van der Waals surface area contributed by atoms with Crippen LogP contribution in [-0.4, -0.2) is 32.2 Å². The van der Waals surface area contributed by atoms with Crippen molar-refractivity contribution in [3.05, 3.63) is 4.77 Å². The average Bonchev–Trinajstić information content (AvgIpc) is 2.61. The number of rotatable bonds is 5. The van der Waals surface area contributed by atoms with Crippen LogP contribution in [0, 0.1) is 4.77 Å². The van der Waals surface area contributed by atoms with Gasteiger partial charge in [-0.15, -0.1) is 0 Å². The van der Waals surface area contributed by atoms with Crippen molar-refractivity contribution in [2.75, 3.05) is 0 Å². The number of H-pyrrole nitrogens is 1. The zero-order valence-corrected chi connectivity index (χ0v) is 9.67. The maximum atomic E-state index is 11.4. The molecule has 0 fully saturated rings. The molecular weight excluding hydrogens is 214 g/mol. The third-order valence-corrected chi connectivity index (χ3v) is 2.42. The van der Waals surface area contributed by atoms with E-state index in [4.69, 9.17) is 12.2 Å². The fourth-order valence-corrected chi connectivity index (χ4v) is 1.20. The highest BCUT2D eigenvalue weighted by molar-refractivity contribution is 7.71. The summed E-state index contributed by atoms with van der Waals surface area (Å²) in [5.41, 5.74) is 0. The summed E-state index contributed by atoms with van der Waals surface area (Å²) >= 11 is 4.87. The molecular formula is C8H15N5OS. The smallest absolute Gasteiger partial charge is 0.238 e. The van der Waals surface area contributed by atoms with Gasteiger partial charge in [0.2, 0.25) is 10.7 Å². The molecule has 15 heavy (non-hydrogen) atoms. The van der Waals surface area contributed by atoms with Gasteiger partial charge in [0.15, 0.2) is 0 Å². The second-order valence-electron chi connectivity index (χ2n) is 3.36. The quantitative estimate of drug-likeness (QED) is 0.727. The number of hydrogen-bond acceptors (Lipinski definition) is 4. The Morgan fingerprint density at radius 2 is 2.47 bits per heavy atom. The number of nitrogens with zero attached hydrogens (tertiary/aromatic N) is 3. The number of carbonyl (C=O) groups is 1. The molecule has 1 aromatic heterocycles. The van der Waals surface area contributed by atoms with Gasteiger partial charge in [-0.05, 0) is 25.6 Å². The minimum absolute atomic E-state index is 0.0147. The second kappa shape index (κ2) is 5.59. The average molecular weight is 229 g/mol. The van der Waals surface area contributed by atoms with Gasteiger partial charge in [0.25, 0.3) is 0 Å². The normalized spacial score (nSPS) is 12.4. The van der Waals surface area contributed by atoms with Gasteiger partial charge in [-0.1, -0.05) is 17.2 Å². The predicted molar refractivity (Wildman–Crippen MR) is 57.7 cm³/mol. The third-order valence-electron chi connectivity index (χ3n) is 2.11.